The van der Waals surface area contributed by atoms with Crippen molar-refractivity contribution in [2.24, 2.45) is 34.2 Å². The zero-order chi connectivity index (χ0) is 15.8. The van der Waals surface area contributed by atoms with Crippen LogP contribution in [0.25, 0.3) is 0 Å². The highest BCUT2D eigenvalue weighted by atomic mass is 35.5. The van der Waals surface area contributed by atoms with E-state index in [0.717, 1.165) is 23.4 Å². The Morgan fingerprint density at radius 1 is 1.04 bits per heavy atom. The predicted molar refractivity (Wildman–Crippen MR) is 85.7 cm³/mol. The van der Waals surface area contributed by atoms with Crippen LogP contribution >= 0.6 is 11.6 Å². The van der Waals surface area contributed by atoms with Crippen molar-refractivity contribution < 1.29 is 9.59 Å². The molecule has 4 aliphatic rings. The molecule has 2 saturated carbocycles. The van der Waals surface area contributed by atoms with Crippen LogP contribution in [0.5, 0.6) is 0 Å². The van der Waals surface area contributed by atoms with Gasteiger partial charge in [0.1, 0.15) is 0 Å². The molecule has 1 saturated heterocycles. The Labute approximate surface area is 138 Å². The van der Waals surface area contributed by atoms with E-state index in [1.165, 1.54) is 0 Å². The summed E-state index contributed by atoms with van der Waals surface area (Å²) in [4.78, 5) is 25.4. The topological polar surface area (TPSA) is 49.7 Å². The van der Waals surface area contributed by atoms with Crippen molar-refractivity contribution in [2.75, 3.05) is 0 Å². The molecule has 0 N–H and O–H groups in total. The third-order valence-corrected chi connectivity index (χ3v) is 6.27. The molecule has 3 aliphatic carbocycles. The number of allylic oxidation sites excluding steroid dienone is 2. The van der Waals surface area contributed by atoms with Crippen molar-refractivity contribution in [3.63, 3.8) is 0 Å². The van der Waals surface area contributed by atoms with Gasteiger partial charge in [-0.05, 0) is 47.8 Å². The van der Waals surface area contributed by atoms with Gasteiger partial charge in [-0.3, -0.25) is 9.59 Å². The number of halogens is 1. The highest BCUT2D eigenvalue weighted by Gasteiger charge is 2.73. The molecule has 4 nitrogen and oxygen atoms in total. The Balaban J connectivity index is 1.43. The summed E-state index contributed by atoms with van der Waals surface area (Å²) in [7, 11) is 0. The van der Waals surface area contributed by atoms with Crippen LogP contribution in [0.1, 0.15) is 18.4 Å². The minimum absolute atomic E-state index is 0.131. The van der Waals surface area contributed by atoms with Gasteiger partial charge >= 0.3 is 0 Å². The van der Waals surface area contributed by atoms with Crippen LogP contribution in [0.2, 0.25) is 5.02 Å². The second-order valence-electron chi connectivity index (χ2n) is 7.01. The number of hydrogen-bond donors (Lipinski definition) is 0. The van der Waals surface area contributed by atoms with Crippen LogP contribution in [-0.2, 0) is 9.59 Å². The van der Waals surface area contributed by atoms with Gasteiger partial charge in [0.15, 0.2) is 0 Å². The van der Waals surface area contributed by atoms with E-state index in [0.29, 0.717) is 5.02 Å². The molecule has 1 aromatic carbocycles. The summed E-state index contributed by atoms with van der Waals surface area (Å²) in [6.07, 6.45) is 8.18. The van der Waals surface area contributed by atoms with Crippen molar-refractivity contribution in [3.05, 3.63) is 47.0 Å². The fourth-order valence-corrected chi connectivity index (χ4v) is 4.98. The van der Waals surface area contributed by atoms with Crippen molar-refractivity contribution in [2.45, 2.75) is 12.8 Å². The summed E-state index contributed by atoms with van der Waals surface area (Å²) < 4.78 is 0. The summed E-state index contributed by atoms with van der Waals surface area (Å²) >= 11 is 5.85. The number of fused-ring (bicyclic) bond motifs is 3. The van der Waals surface area contributed by atoms with Crippen molar-refractivity contribution in [3.8, 4) is 0 Å². The number of carbonyl (C=O) groups is 2. The van der Waals surface area contributed by atoms with Gasteiger partial charge in [0.05, 0.1) is 18.1 Å². The second-order valence-corrected chi connectivity index (χ2v) is 7.44. The zero-order valence-corrected chi connectivity index (χ0v) is 13.1. The lowest BCUT2D eigenvalue weighted by atomic mass is 9.85. The number of amides is 2. The van der Waals surface area contributed by atoms with E-state index in [1.54, 1.807) is 18.3 Å². The summed E-state index contributed by atoms with van der Waals surface area (Å²) in [5.41, 5.74) is 1.04. The van der Waals surface area contributed by atoms with E-state index in [1.807, 2.05) is 12.1 Å². The molecule has 3 fully saturated rings. The van der Waals surface area contributed by atoms with Crippen LogP contribution in [0.15, 0.2) is 41.5 Å². The first-order valence-electron chi connectivity index (χ1n) is 7.97. The Bertz CT molecular complexity index is 745. The van der Waals surface area contributed by atoms with Crippen LogP contribution in [0, 0.1) is 29.1 Å². The molecule has 0 radical (unpaired) electrons. The molecule has 5 rings (SSSR count). The van der Waals surface area contributed by atoms with E-state index in [-0.39, 0.29) is 40.9 Å². The normalized spacial score (nSPS) is 35.8. The first kappa shape index (κ1) is 13.5. The smallest absolute Gasteiger partial charge is 0.254 e. The van der Waals surface area contributed by atoms with Gasteiger partial charge in [0, 0.05) is 5.02 Å². The number of nitrogens with zero attached hydrogens (tertiary/aromatic N) is 2. The highest BCUT2D eigenvalue weighted by Crippen LogP contribution is 2.73. The van der Waals surface area contributed by atoms with Crippen LogP contribution in [0.3, 0.4) is 0 Å². The fraction of sp³-hybridized carbons (Fsp3) is 0.389. The lowest BCUT2D eigenvalue weighted by Gasteiger charge is -2.18. The van der Waals surface area contributed by atoms with E-state index in [9.17, 15) is 9.59 Å². The number of rotatable bonds is 2. The molecule has 23 heavy (non-hydrogen) atoms. The average Bonchev–Trinajstić information content (AvgIpc) is 3.15. The Morgan fingerprint density at radius 3 is 2.13 bits per heavy atom. The monoisotopic (exact) mass is 326 g/mol. The maximum absolute atomic E-state index is 12.7. The first-order chi connectivity index (χ1) is 11.1. The molecule has 1 aliphatic heterocycles. The maximum atomic E-state index is 12.7. The van der Waals surface area contributed by atoms with Crippen LogP contribution in [-0.4, -0.2) is 23.0 Å². The molecular weight excluding hydrogens is 312 g/mol. The highest BCUT2D eigenvalue weighted by molar-refractivity contribution is 6.30. The van der Waals surface area contributed by atoms with Crippen LogP contribution < -0.4 is 0 Å². The SMILES string of the molecule is O=C1[C@H]2[C@H](C(=O)N1/N=C\c1ccc(Cl)cc1)[C@H]1C=C[C@H]2C12CC2. The maximum Gasteiger partial charge on any atom is 0.254 e. The molecule has 116 valence electrons. The van der Waals surface area contributed by atoms with Gasteiger partial charge in [0.2, 0.25) is 0 Å². The third kappa shape index (κ3) is 1.65. The molecule has 1 heterocycles. The lowest BCUT2D eigenvalue weighted by Crippen LogP contribution is -2.30. The van der Waals surface area contributed by atoms with Gasteiger partial charge in [0.25, 0.3) is 11.8 Å². The summed E-state index contributed by atoms with van der Waals surface area (Å²) in [5, 5.41) is 5.90. The molecule has 1 aromatic rings. The molecule has 2 bridgehead atoms. The molecule has 0 aromatic heterocycles. The Kier molecular flexibility index (Phi) is 2.54. The van der Waals surface area contributed by atoms with Gasteiger partial charge in [-0.1, -0.05) is 35.9 Å². The summed E-state index contributed by atoms with van der Waals surface area (Å²) in [6.45, 7) is 0. The third-order valence-electron chi connectivity index (χ3n) is 6.02. The van der Waals surface area contributed by atoms with Crippen molar-refractivity contribution in [1.82, 2.24) is 5.01 Å². The quantitative estimate of drug-likeness (QED) is 0.476. The van der Waals surface area contributed by atoms with E-state index in [4.69, 9.17) is 11.6 Å². The van der Waals surface area contributed by atoms with Gasteiger partial charge in [-0.25, -0.2) is 0 Å². The summed E-state index contributed by atoms with van der Waals surface area (Å²) in [6, 6.07) is 7.13. The Morgan fingerprint density at radius 2 is 1.61 bits per heavy atom. The number of imide groups is 1. The van der Waals surface area contributed by atoms with E-state index >= 15 is 0 Å². The minimum atomic E-state index is -0.192. The molecule has 0 unspecified atom stereocenters. The number of benzene rings is 1. The zero-order valence-electron chi connectivity index (χ0n) is 12.4. The predicted octanol–water partition coefficient (Wildman–Crippen LogP) is 2.87. The first-order valence-corrected chi connectivity index (χ1v) is 8.35. The van der Waals surface area contributed by atoms with Crippen molar-refractivity contribution >= 4 is 29.6 Å². The molecule has 1 spiro atoms. The number of carbonyl (C=O) groups excluding carboxylic acids is 2. The summed E-state index contributed by atoms with van der Waals surface area (Å²) in [5.74, 6) is -0.166. The van der Waals surface area contributed by atoms with Gasteiger partial charge in [-0.2, -0.15) is 10.1 Å². The standard InChI is InChI=1S/C18H15ClN2O2/c19-11-3-1-10(2-4-11)9-20-21-16(22)14-12-5-6-13(15(14)17(21)23)18(12)7-8-18/h1-6,9,12-15H,7-8H2/b20-9-/t12-,13-,14-,15-/m1/s1. The molecule has 4 atom stereocenters. The van der Waals surface area contributed by atoms with E-state index < -0.39 is 0 Å². The Hall–Kier alpha value is -1.94. The second kappa shape index (κ2) is 4.32. The molecule has 2 amide bonds. The van der Waals surface area contributed by atoms with Crippen molar-refractivity contribution in [1.29, 1.82) is 0 Å². The molecular formula is C18H15ClN2O2. The van der Waals surface area contributed by atoms with E-state index in [2.05, 4.69) is 17.3 Å². The molecule has 5 heteroatoms. The average molecular weight is 327 g/mol. The largest absolute Gasteiger partial charge is 0.272 e. The van der Waals surface area contributed by atoms with Gasteiger partial charge in [-0.15, -0.1) is 0 Å². The van der Waals surface area contributed by atoms with Crippen LogP contribution in [0.4, 0.5) is 0 Å². The fourth-order valence-electron chi connectivity index (χ4n) is 4.85. The number of hydrazone groups is 1. The minimum Gasteiger partial charge on any atom is -0.272 e. The van der Waals surface area contributed by atoms with Gasteiger partial charge < -0.3 is 0 Å². The number of hydrogen-bond acceptors (Lipinski definition) is 3. The lowest BCUT2D eigenvalue weighted by molar-refractivity contribution is -0.141.